The zero-order valence-corrected chi connectivity index (χ0v) is 17.6. The molecule has 0 aliphatic carbocycles. The van der Waals surface area contributed by atoms with E-state index in [1.54, 1.807) is 36.4 Å². The monoisotopic (exact) mass is 410 g/mol. The SMILES string of the molecule is CCC[NH+]1C/C(=C\c2ccc(O)c(OC)c2)C(=O)/C(=C/c2ccc(O)c(OC)c2)C1. The molecule has 0 amide bonds. The number of Topliss-reactive ketones (excluding diaryl/α,β-unsaturated/α-hetero) is 1. The molecular weight excluding hydrogens is 382 g/mol. The highest BCUT2D eigenvalue weighted by molar-refractivity contribution is 6.14. The van der Waals surface area contributed by atoms with Crippen LogP contribution in [-0.4, -0.2) is 49.9 Å². The number of ketones is 1. The molecule has 3 rings (SSSR count). The van der Waals surface area contributed by atoms with Gasteiger partial charge in [0, 0.05) is 0 Å². The number of nitrogens with one attached hydrogen (secondary N) is 1. The van der Waals surface area contributed by atoms with Gasteiger partial charge >= 0.3 is 0 Å². The van der Waals surface area contributed by atoms with Crippen LogP contribution in [0.4, 0.5) is 0 Å². The first-order valence-electron chi connectivity index (χ1n) is 9.98. The summed E-state index contributed by atoms with van der Waals surface area (Å²) in [5.74, 6) is 0.882. The van der Waals surface area contributed by atoms with E-state index in [0.29, 0.717) is 24.6 Å². The highest BCUT2D eigenvalue weighted by Crippen LogP contribution is 2.29. The summed E-state index contributed by atoms with van der Waals surface area (Å²) in [5, 5.41) is 19.6. The highest BCUT2D eigenvalue weighted by Gasteiger charge is 2.29. The number of methoxy groups -OCH3 is 2. The Morgan fingerprint density at radius 2 is 1.37 bits per heavy atom. The van der Waals surface area contributed by atoms with Gasteiger partial charge in [0.1, 0.15) is 13.1 Å². The summed E-state index contributed by atoms with van der Waals surface area (Å²) < 4.78 is 10.4. The average Bonchev–Trinajstić information content (AvgIpc) is 2.74. The van der Waals surface area contributed by atoms with Gasteiger partial charge < -0.3 is 24.6 Å². The number of likely N-dealkylation sites (tertiary alicyclic amines) is 1. The normalized spacial score (nSPS) is 19.3. The molecule has 6 nitrogen and oxygen atoms in total. The second kappa shape index (κ2) is 9.50. The summed E-state index contributed by atoms with van der Waals surface area (Å²) in [7, 11) is 3.00. The van der Waals surface area contributed by atoms with Crippen molar-refractivity contribution in [3.63, 3.8) is 0 Å². The average molecular weight is 410 g/mol. The first-order chi connectivity index (χ1) is 14.4. The van der Waals surface area contributed by atoms with E-state index in [-0.39, 0.29) is 17.3 Å². The number of hydrogen-bond acceptors (Lipinski definition) is 5. The van der Waals surface area contributed by atoms with E-state index in [2.05, 4.69) is 6.92 Å². The number of rotatable bonds is 6. The summed E-state index contributed by atoms with van der Waals surface area (Å²) in [6.45, 7) is 4.38. The van der Waals surface area contributed by atoms with Crippen LogP contribution in [0.1, 0.15) is 24.5 Å². The molecule has 0 saturated carbocycles. The van der Waals surface area contributed by atoms with Crippen molar-refractivity contribution in [2.45, 2.75) is 13.3 Å². The fourth-order valence-corrected chi connectivity index (χ4v) is 3.70. The van der Waals surface area contributed by atoms with Crippen LogP contribution in [0.3, 0.4) is 0 Å². The van der Waals surface area contributed by atoms with E-state index < -0.39 is 0 Å². The quantitative estimate of drug-likeness (QED) is 0.638. The first-order valence-corrected chi connectivity index (χ1v) is 9.98. The molecule has 1 aliphatic rings. The fraction of sp³-hybridized carbons (Fsp3) is 0.292. The van der Waals surface area contributed by atoms with Gasteiger partial charge in [-0.15, -0.1) is 0 Å². The van der Waals surface area contributed by atoms with Crippen LogP contribution in [0.15, 0.2) is 47.5 Å². The zero-order valence-electron chi connectivity index (χ0n) is 17.6. The Morgan fingerprint density at radius 1 is 0.900 bits per heavy atom. The maximum absolute atomic E-state index is 13.2. The molecule has 0 radical (unpaired) electrons. The minimum Gasteiger partial charge on any atom is -0.504 e. The third-order valence-corrected chi connectivity index (χ3v) is 5.16. The first kappa shape index (κ1) is 21.5. The number of aromatic hydroxyl groups is 2. The molecule has 0 unspecified atom stereocenters. The number of piperidine rings is 1. The second-order valence-corrected chi connectivity index (χ2v) is 7.38. The van der Waals surface area contributed by atoms with E-state index >= 15 is 0 Å². The number of phenolic OH excluding ortho intramolecular Hbond substituents is 2. The molecule has 1 saturated heterocycles. The number of carbonyl (C=O) groups excluding carboxylic acids is 1. The maximum atomic E-state index is 13.2. The lowest BCUT2D eigenvalue weighted by Gasteiger charge is -2.26. The number of carbonyl (C=O) groups is 1. The van der Waals surface area contributed by atoms with Gasteiger partial charge in [-0.3, -0.25) is 4.79 Å². The van der Waals surface area contributed by atoms with E-state index in [9.17, 15) is 15.0 Å². The Labute approximate surface area is 176 Å². The minimum absolute atomic E-state index is 0.00827. The Morgan fingerprint density at radius 3 is 1.77 bits per heavy atom. The molecule has 0 spiro atoms. The van der Waals surface area contributed by atoms with E-state index in [1.807, 2.05) is 12.2 Å². The Bertz CT molecular complexity index is 918. The number of benzene rings is 2. The molecule has 0 bridgehead atoms. The third-order valence-electron chi connectivity index (χ3n) is 5.16. The second-order valence-electron chi connectivity index (χ2n) is 7.38. The Kier molecular flexibility index (Phi) is 6.79. The lowest BCUT2D eigenvalue weighted by atomic mass is 9.94. The van der Waals surface area contributed by atoms with Crippen molar-refractivity contribution in [2.24, 2.45) is 0 Å². The predicted octanol–water partition coefficient (Wildman–Crippen LogP) is 2.46. The molecule has 0 aromatic heterocycles. The highest BCUT2D eigenvalue weighted by atomic mass is 16.5. The van der Waals surface area contributed by atoms with Gasteiger partial charge in [-0.1, -0.05) is 19.1 Å². The van der Waals surface area contributed by atoms with Gasteiger partial charge in [0.05, 0.1) is 31.9 Å². The van der Waals surface area contributed by atoms with Gasteiger partial charge in [-0.2, -0.15) is 0 Å². The van der Waals surface area contributed by atoms with E-state index in [1.165, 1.54) is 19.1 Å². The van der Waals surface area contributed by atoms with Gasteiger partial charge in [0.15, 0.2) is 28.8 Å². The van der Waals surface area contributed by atoms with Gasteiger partial charge in [-0.25, -0.2) is 0 Å². The molecular formula is C24H28NO5+. The summed E-state index contributed by atoms with van der Waals surface area (Å²) in [6, 6.07) is 10.1. The fourth-order valence-electron chi connectivity index (χ4n) is 3.70. The van der Waals surface area contributed by atoms with Crippen molar-refractivity contribution in [1.29, 1.82) is 0 Å². The zero-order chi connectivity index (χ0) is 21.7. The maximum Gasteiger partial charge on any atom is 0.196 e. The molecule has 3 N–H and O–H groups in total. The van der Waals surface area contributed by atoms with Crippen LogP contribution in [0.5, 0.6) is 23.0 Å². The van der Waals surface area contributed by atoms with Crippen LogP contribution in [-0.2, 0) is 4.79 Å². The van der Waals surface area contributed by atoms with Crippen LogP contribution in [0, 0.1) is 0 Å². The topological polar surface area (TPSA) is 80.4 Å². The van der Waals surface area contributed by atoms with Gasteiger partial charge in [0.25, 0.3) is 0 Å². The van der Waals surface area contributed by atoms with Crippen molar-refractivity contribution < 1.29 is 29.4 Å². The van der Waals surface area contributed by atoms with Gasteiger partial charge in [-0.05, 0) is 54.0 Å². The minimum atomic E-state index is 0.00827. The number of hydrogen-bond donors (Lipinski definition) is 3. The van der Waals surface area contributed by atoms with E-state index in [0.717, 1.165) is 35.2 Å². The largest absolute Gasteiger partial charge is 0.504 e. The van der Waals surface area contributed by atoms with Crippen molar-refractivity contribution in [3.05, 3.63) is 58.7 Å². The predicted molar refractivity (Wildman–Crippen MR) is 116 cm³/mol. The van der Waals surface area contributed by atoms with Crippen LogP contribution in [0.25, 0.3) is 12.2 Å². The lowest BCUT2D eigenvalue weighted by molar-refractivity contribution is -0.891. The van der Waals surface area contributed by atoms with Gasteiger partial charge in [0.2, 0.25) is 0 Å². The molecule has 158 valence electrons. The van der Waals surface area contributed by atoms with Crippen LogP contribution in [0.2, 0.25) is 0 Å². The molecule has 2 aromatic carbocycles. The third kappa shape index (κ3) is 4.83. The van der Waals surface area contributed by atoms with Crippen molar-refractivity contribution in [2.75, 3.05) is 33.9 Å². The molecule has 2 aromatic rings. The van der Waals surface area contributed by atoms with Crippen LogP contribution < -0.4 is 14.4 Å². The summed E-state index contributed by atoms with van der Waals surface area (Å²) in [5.41, 5.74) is 3.04. The smallest absolute Gasteiger partial charge is 0.196 e. The molecule has 0 atom stereocenters. The van der Waals surface area contributed by atoms with Crippen molar-refractivity contribution >= 4 is 17.9 Å². The summed E-state index contributed by atoms with van der Waals surface area (Å²) in [4.78, 5) is 14.5. The van der Waals surface area contributed by atoms with Crippen molar-refractivity contribution in [1.82, 2.24) is 0 Å². The van der Waals surface area contributed by atoms with E-state index in [4.69, 9.17) is 9.47 Å². The molecule has 1 aliphatic heterocycles. The Hall–Kier alpha value is -3.25. The van der Waals surface area contributed by atoms with Crippen molar-refractivity contribution in [3.8, 4) is 23.0 Å². The Balaban J connectivity index is 1.98. The molecule has 30 heavy (non-hydrogen) atoms. The summed E-state index contributed by atoms with van der Waals surface area (Å²) in [6.07, 6.45) is 4.75. The number of ether oxygens (including phenoxy) is 2. The molecule has 1 heterocycles. The standard InChI is InChI=1S/C24H27NO5/c1-4-9-25-14-18(10-16-5-7-20(26)22(12-16)29-2)24(28)19(15-25)11-17-6-8-21(27)23(13-17)30-3/h5-8,10-13,26-27H,4,9,14-15H2,1-3H3/p+1/b18-10+,19-11+. The number of phenols is 2. The summed E-state index contributed by atoms with van der Waals surface area (Å²) >= 11 is 0. The molecule has 6 heteroatoms. The number of quaternary nitrogens is 1. The lowest BCUT2D eigenvalue weighted by Crippen LogP contribution is -3.13. The van der Waals surface area contributed by atoms with Crippen LogP contribution >= 0.6 is 0 Å². The molecule has 1 fully saturated rings.